The molecule has 2 rings (SSSR count). The minimum atomic E-state index is 0.710. The third kappa shape index (κ3) is 3.53. The molecule has 1 aliphatic rings. The SMILES string of the molecule is CNCc1cn(CCN2CC(C)CCC2C)nn1. The van der Waals surface area contributed by atoms with Crippen molar-refractivity contribution in [2.75, 3.05) is 20.1 Å². The Morgan fingerprint density at radius 2 is 2.17 bits per heavy atom. The number of hydrogen-bond acceptors (Lipinski definition) is 4. The molecule has 1 aromatic heterocycles. The second-order valence-electron chi connectivity index (χ2n) is 5.53. The van der Waals surface area contributed by atoms with Gasteiger partial charge in [0.15, 0.2) is 0 Å². The molecule has 18 heavy (non-hydrogen) atoms. The van der Waals surface area contributed by atoms with Gasteiger partial charge in [0.05, 0.1) is 12.2 Å². The Morgan fingerprint density at radius 1 is 1.33 bits per heavy atom. The van der Waals surface area contributed by atoms with E-state index in [0.717, 1.165) is 31.2 Å². The van der Waals surface area contributed by atoms with Gasteiger partial charge in [-0.2, -0.15) is 0 Å². The molecule has 2 unspecified atom stereocenters. The zero-order chi connectivity index (χ0) is 13.0. The number of nitrogens with zero attached hydrogens (tertiary/aromatic N) is 4. The smallest absolute Gasteiger partial charge is 0.0964 e. The van der Waals surface area contributed by atoms with Gasteiger partial charge in [-0.1, -0.05) is 12.1 Å². The summed E-state index contributed by atoms with van der Waals surface area (Å²) < 4.78 is 1.96. The number of rotatable bonds is 5. The van der Waals surface area contributed by atoms with Crippen LogP contribution < -0.4 is 5.32 Å². The van der Waals surface area contributed by atoms with Crippen molar-refractivity contribution in [3.63, 3.8) is 0 Å². The molecular formula is C13H25N5. The van der Waals surface area contributed by atoms with Crippen molar-refractivity contribution in [3.8, 4) is 0 Å². The summed E-state index contributed by atoms with van der Waals surface area (Å²) in [7, 11) is 1.93. The van der Waals surface area contributed by atoms with Crippen LogP contribution >= 0.6 is 0 Å². The predicted molar refractivity (Wildman–Crippen MR) is 72.2 cm³/mol. The van der Waals surface area contributed by atoms with Crippen LogP contribution in [0.2, 0.25) is 0 Å². The maximum absolute atomic E-state index is 4.16. The van der Waals surface area contributed by atoms with Gasteiger partial charge in [-0.25, -0.2) is 0 Å². The molecule has 5 heteroatoms. The van der Waals surface area contributed by atoms with Crippen LogP contribution in [0.5, 0.6) is 0 Å². The summed E-state index contributed by atoms with van der Waals surface area (Å²) in [6, 6.07) is 0.710. The van der Waals surface area contributed by atoms with E-state index in [2.05, 4.69) is 34.4 Å². The van der Waals surface area contributed by atoms with Crippen LogP contribution in [0.3, 0.4) is 0 Å². The molecular weight excluding hydrogens is 226 g/mol. The Balaban J connectivity index is 1.82. The number of nitrogens with one attached hydrogen (secondary N) is 1. The lowest BCUT2D eigenvalue weighted by atomic mass is 9.95. The van der Waals surface area contributed by atoms with Crippen molar-refractivity contribution < 1.29 is 0 Å². The van der Waals surface area contributed by atoms with Crippen molar-refractivity contribution in [1.29, 1.82) is 0 Å². The van der Waals surface area contributed by atoms with Crippen LogP contribution in [0.25, 0.3) is 0 Å². The third-order valence-electron chi connectivity index (χ3n) is 3.81. The molecule has 0 spiro atoms. The molecule has 0 aromatic carbocycles. The van der Waals surface area contributed by atoms with Gasteiger partial charge in [0.25, 0.3) is 0 Å². The average Bonchev–Trinajstić information content (AvgIpc) is 2.79. The van der Waals surface area contributed by atoms with E-state index in [9.17, 15) is 0 Å². The van der Waals surface area contributed by atoms with Gasteiger partial charge < -0.3 is 5.32 Å². The fourth-order valence-electron chi connectivity index (χ4n) is 2.63. The molecule has 0 radical (unpaired) electrons. The average molecular weight is 251 g/mol. The van der Waals surface area contributed by atoms with Crippen molar-refractivity contribution >= 4 is 0 Å². The van der Waals surface area contributed by atoms with E-state index in [-0.39, 0.29) is 0 Å². The minimum Gasteiger partial charge on any atom is -0.314 e. The molecule has 2 heterocycles. The van der Waals surface area contributed by atoms with Gasteiger partial charge in [0.1, 0.15) is 0 Å². The first-order chi connectivity index (χ1) is 8.69. The fraction of sp³-hybridized carbons (Fsp3) is 0.846. The Morgan fingerprint density at radius 3 is 2.94 bits per heavy atom. The standard InChI is InChI=1S/C13H25N5/c1-11-4-5-12(2)17(9-11)6-7-18-10-13(8-14-3)15-16-18/h10-12,14H,4-9H2,1-3H3. The number of aromatic nitrogens is 3. The van der Waals surface area contributed by atoms with E-state index >= 15 is 0 Å². The molecule has 5 nitrogen and oxygen atoms in total. The van der Waals surface area contributed by atoms with Gasteiger partial charge in [-0.3, -0.25) is 9.58 Å². The van der Waals surface area contributed by atoms with Gasteiger partial charge in [0, 0.05) is 31.9 Å². The fourth-order valence-corrected chi connectivity index (χ4v) is 2.63. The Kier molecular flexibility index (Phi) is 4.72. The largest absolute Gasteiger partial charge is 0.314 e. The summed E-state index contributed by atoms with van der Waals surface area (Å²) in [5, 5.41) is 11.4. The van der Waals surface area contributed by atoms with Crippen LogP contribution in [0, 0.1) is 5.92 Å². The first-order valence-electron chi connectivity index (χ1n) is 6.96. The minimum absolute atomic E-state index is 0.710. The number of likely N-dealkylation sites (tertiary alicyclic amines) is 1. The summed E-state index contributed by atoms with van der Waals surface area (Å²) in [6.45, 7) is 8.71. The molecule has 1 aromatic rings. The Bertz CT molecular complexity index is 362. The summed E-state index contributed by atoms with van der Waals surface area (Å²) in [5.74, 6) is 0.830. The third-order valence-corrected chi connectivity index (χ3v) is 3.81. The summed E-state index contributed by atoms with van der Waals surface area (Å²) in [4.78, 5) is 2.58. The van der Waals surface area contributed by atoms with E-state index in [1.54, 1.807) is 0 Å². The highest BCUT2D eigenvalue weighted by Gasteiger charge is 2.22. The van der Waals surface area contributed by atoms with Gasteiger partial charge in [0.2, 0.25) is 0 Å². The summed E-state index contributed by atoms with van der Waals surface area (Å²) in [6.07, 6.45) is 4.73. The molecule has 102 valence electrons. The van der Waals surface area contributed by atoms with Crippen molar-refractivity contribution in [2.24, 2.45) is 5.92 Å². The van der Waals surface area contributed by atoms with Crippen LogP contribution in [-0.4, -0.2) is 46.1 Å². The van der Waals surface area contributed by atoms with Gasteiger partial charge in [-0.05, 0) is 32.7 Å². The first kappa shape index (κ1) is 13.5. The van der Waals surface area contributed by atoms with E-state index in [0.29, 0.717) is 6.04 Å². The van der Waals surface area contributed by atoms with Gasteiger partial charge in [-0.15, -0.1) is 5.10 Å². The predicted octanol–water partition coefficient (Wildman–Crippen LogP) is 1.12. The highest BCUT2D eigenvalue weighted by molar-refractivity contribution is 4.91. The number of hydrogen-bond donors (Lipinski definition) is 1. The monoisotopic (exact) mass is 251 g/mol. The molecule has 0 amide bonds. The van der Waals surface area contributed by atoms with E-state index < -0.39 is 0 Å². The normalized spacial score (nSPS) is 25.5. The second kappa shape index (κ2) is 6.29. The van der Waals surface area contributed by atoms with Crippen molar-refractivity contribution in [1.82, 2.24) is 25.2 Å². The molecule has 1 saturated heterocycles. The van der Waals surface area contributed by atoms with E-state index in [1.165, 1.54) is 19.4 Å². The molecule has 0 bridgehead atoms. The molecule has 1 aliphatic heterocycles. The van der Waals surface area contributed by atoms with Crippen LogP contribution in [-0.2, 0) is 13.1 Å². The van der Waals surface area contributed by atoms with E-state index in [4.69, 9.17) is 0 Å². The lowest BCUT2D eigenvalue weighted by Crippen LogP contribution is -2.42. The highest BCUT2D eigenvalue weighted by atomic mass is 15.4. The Hall–Kier alpha value is -0.940. The second-order valence-corrected chi connectivity index (χ2v) is 5.53. The maximum atomic E-state index is 4.16. The molecule has 0 saturated carbocycles. The molecule has 1 N–H and O–H groups in total. The first-order valence-corrected chi connectivity index (χ1v) is 6.96. The van der Waals surface area contributed by atoms with Crippen LogP contribution in [0.15, 0.2) is 6.20 Å². The zero-order valence-electron chi connectivity index (χ0n) is 11.8. The Labute approximate surface area is 110 Å². The zero-order valence-corrected chi connectivity index (χ0v) is 11.8. The van der Waals surface area contributed by atoms with E-state index in [1.807, 2.05) is 17.9 Å². The molecule has 2 atom stereocenters. The summed E-state index contributed by atoms with van der Waals surface area (Å²) >= 11 is 0. The van der Waals surface area contributed by atoms with Crippen LogP contribution in [0.4, 0.5) is 0 Å². The highest BCUT2D eigenvalue weighted by Crippen LogP contribution is 2.20. The maximum Gasteiger partial charge on any atom is 0.0964 e. The topological polar surface area (TPSA) is 46.0 Å². The molecule has 0 aliphatic carbocycles. The van der Waals surface area contributed by atoms with Crippen molar-refractivity contribution in [2.45, 2.75) is 45.8 Å². The lowest BCUT2D eigenvalue weighted by molar-refractivity contribution is 0.119. The number of piperidine rings is 1. The lowest BCUT2D eigenvalue weighted by Gasteiger charge is -2.36. The summed E-state index contributed by atoms with van der Waals surface area (Å²) in [5.41, 5.74) is 1.01. The quantitative estimate of drug-likeness (QED) is 0.852. The van der Waals surface area contributed by atoms with Crippen LogP contribution in [0.1, 0.15) is 32.4 Å². The van der Waals surface area contributed by atoms with Crippen molar-refractivity contribution in [3.05, 3.63) is 11.9 Å². The van der Waals surface area contributed by atoms with Gasteiger partial charge >= 0.3 is 0 Å². The molecule has 1 fully saturated rings.